The zero-order chi connectivity index (χ0) is 20.2. The van der Waals surface area contributed by atoms with Gasteiger partial charge < -0.3 is 4.57 Å². The summed E-state index contributed by atoms with van der Waals surface area (Å²) in [6.45, 7) is 0.686. The predicted molar refractivity (Wildman–Crippen MR) is 112 cm³/mol. The fraction of sp³-hybridized carbons (Fsp3) is 0.0870. The number of rotatable bonds is 5. The molecule has 2 aromatic heterocycles. The fourth-order valence-corrected chi connectivity index (χ4v) is 3.29. The maximum absolute atomic E-state index is 12.0. The maximum atomic E-state index is 12.0. The van der Waals surface area contributed by atoms with Crippen LogP contribution in [0.25, 0.3) is 5.69 Å². The first-order valence-electron chi connectivity index (χ1n) is 9.08. The van der Waals surface area contributed by atoms with Crippen molar-refractivity contribution in [3.8, 4) is 11.8 Å². The number of aromatic nitrogens is 3. The molecule has 0 bridgehead atoms. The van der Waals surface area contributed by atoms with Gasteiger partial charge in [0, 0.05) is 37.1 Å². The molecule has 4 rings (SSSR count). The minimum Gasteiger partial charge on any atom is -0.333 e. The average molecular weight is 401 g/mol. The minimum atomic E-state index is -0.121. The number of nitrogens with zero attached hydrogens (tertiary/aromatic N) is 4. The summed E-state index contributed by atoms with van der Waals surface area (Å²) in [5.41, 5.74) is 4.49. The molecule has 0 aliphatic carbocycles. The molecule has 4 aromatic rings. The number of nitriles is 1. The summed E-state index contributed by atoms with van der Waals surface area (Å²) >= 11 is 6.00. The van der Waals surface area contributed by atoms with Gasteiger partial charge in [0.1, 0.15) is 0 Å². The van der Waals surface area contributed by atoms with Gasteiger partial charge >= 0.3 is 0 Å². The fourth-order valence-electron chi connectivity index (χ4n) is 3.13. The third-order valence-corrected chi connectivity index (χ3v) is 4.83. The first-order chi connectivity index (χ1) is 14.1. The van der Waals surface area contributed by atoms with E-state index in [0.717, 1.165) is 28.9 Å². The van der Waals surface area contributed by atoms with Gasteiger partial charge in [-0.3, -0.25) is 9.36 Å². The Morgan fingerprint density at radius 1 is 0.931 bits per heavy atom. The molecule has 0 saturated carbocycles. The number of benzene rings is 2. The van der Waals surface area contributed by atoms with Gasteiger partial charge in [0.05, 0.1) is 28.7 Å². The molecule has 0 spiro atoms. The zero-order valence-corrected chi connectivity index (χ0v) is 16.3. The summed E-state index contributed by atoms with van der Waals surface area (Å²) in [5.74, 6) is 0. The van der Waals surface area contributed by atoms with E-state index in [1.165, 1.54) is 10.6 Å². The van der Waals surface area contributed by atoms with Crippen LogP contribution in [-0.4, -0.2) is 14.1 Å². The van der Waals surface area contributed by atoms with Crippen molar-refractivity contribution in [3.05, 3.63) is 117 Å². The molecule has 0 radical (unpaired) electrons. The highest BCUT2D eigenvalue weighted by atomic mass is 35.5. The van der Waals surface area contributed by atoms with Crippen LogP contribution in [0.4, 0.5) is 0 Å². The molecule has 5 nitrogen and oxygen atoms in total. The Morgan fingerprint density at radius 3 is 2.38 bits per heavy atom. The molecule has 0 unspecified atom stereocenters. The molecular formula is C23H17ClN4O. The second kappa shape index (κ2) is 8.17. The normalized spacial score (nSPS) is 10.6. The molecule has 0 aliphatic heterocycles. The summed E-state index contributed by atoms with van der Waals surface area (Å²) in [6, 6.07) is 20.5. The van der Waals surface area contributed by atoms with Crippen LogP contribution < -0.4 is 5.56 Å². The van der Waals surface area contributed by atoms with Crippen molar-refractivity contribution in [2.24, 2.45) is 0 Å². The van der Waals surface area contributed by atoms with Gasteiger partial charge in [0.2, 0.25) is 0 Å². The minimum absolute atomic E-state index is 0.121. The van der Waals surface area contributed by atoms with E-state index in [9.17, 15) is 4.79 Å². The quantitative estimate of drug-likeness (QED) is 0.504. The Kier molecular flexibility index (Phi) is 5.28. The highest BCUT2D eigenvalue weighted by Crippen LogP contribution is 2.14. The van der Waals surface area contributed by atoms with Gasteiger partial charge in [0.15, 0.2) is 0 Å². The van der Waals surface area contributed by atoms with E-state index in [4.69, 9.17) is 16.9 Å². The van der Waals surface area contributed by atoms with Gasteiger partial charge in [-0.1, -0.05) is 35.9 Å². The Morgan fingerprint density at radius 2 is 1.66 bits per heavy atom. The van der Waals surface area contributed by atoms with Crippen LogP contribution in [0, 0.1) is 11.3 Å². The molecule has 0 saturated heterocycles. The first kappa shape index (κ1) is 18.7. The topological polar surface area (TPSA) is 63.6 Å². The molecule has 2 aromatic carbocycles. The largest absolute Gasteiger partial charge is 0.333 e. The lowest BCUT2D eigenvalue weighted by atomic mass is 10.1. The van der Waals surface area contributed by atoms with Crippen LogP contribution in [0.15, 0.2) is 84.2 Å². The Labute approximate surface area is 173 Å². The zero-order valence-electron chi connectivity index (χ0n) is 15.5. The SMILES string of the molecule is N#Cc1ccc(Cc2cn(Cc3ccc(-n4cc(Cl)ccc4=O)cc3)cn2)cc1. The average Bonchev–Trinajstić information content (AvgIpc) is 3.18. The highest BCUT2D eigenvalue weighted by molar-refractivity contribution is 6.30. The maximum Gasteiger partial charge on any atom is 0.255 e. The van der Waals surface area contributed by atoms with Crippen molar-refractivity contribution in [2.45, 2.75) is 13.0 Å². The number of halogens is 1. The monoisotopic (exact) mass is 400 g/mol. The molecule has 142 valence electrons. The van der Waals surface area contributed by atoms with E-state index in [0.29, 0.717) is 17.1 Å². The van der Waals surface area contributed by atoms with E-state index in [1.54, 1.807) is 12.3 Å². The lowest BCUT2D eigenvalue weighted by Crippen LogP contribution is -2.15. The van der Waals surface area contributed by atoms with Gasteiger partial charge in [-0.05, 0) is 41.5 Å². The molecule has 0 N–H and O–H groups in total. The van der Waals surface area contributed by atoms with Gasteiger partial charge in [-0.2, -0.15) is 5.26 Å². The summed E-state index contributed by atoms with van der Waals surface area (Å²) in [4.78, 5) is 16.5. The van der Waals surface area contributed by atoms with Gasteiger partial charge in [0.25, 0.3) is 5.56 Å². The van der Waals surface area contributed by atoms with Gasteiger partial charge in [-0.25, -0.2) is 4.98 Å². The standard InChI is InChI=1S/C23H17ClN4O/c24-20-7-10-23(29)28(14-20)22-8-5-19(6-9-22)13-27-15-21(26-16-27)11-17-1-3-18(12-25)4-2-17/h1-10,14-16H,11,13H2. The van der Waals surface area contributed by atoms with E-state index >= 15 is 0 Å². The molecule has 0 atom stereocenters. The van der Waals surface area contributed by atoms with Crippen LogP contribution in [0.1, 0.15) is 22.4 Å². The predicted octanol–water partition coefficient (Wildman–Crippen LogP) is 4.20. The summed E-state index contributed by atoms with van der Waals surface area (Å²) in [7, 11) is 0. The second-order valence-electron chi connectivity index (χ2n) is 6.74. The first-order valence-corrected chi connectivity index (χ1v) is 9.46. The summed E-state index contributed by atoms with van der Waals surface area (Å²) < 4.78 is 3.55. The lowest BCUT2D eigenvalue weighted by molar-refractivity contribution is 0.796. The van der Waals surface area contributed by atoms with Crippen LogP contribution in [-0.2, 0) is 13.0 Å². The smallest absolute Gasteiger partial charge is 0.255 e. The van der Waals surface area contributed by atoms with Crippen molar-refractivity contribution in [2.75, 3.05) is 0 Å². The van der Waals surface area contributed by atoms with Crippen molar-refractivity contribution in [1.29, 1.82) is 5.26 Å². The van der Waals surface area contributed by atoms with Crippen LogP contribution >= 0.6 is 11.6 Å². The van der Waals surface area contributed by atoms with E-state index in [1.807, 2.05) is 65.6 Å². The third-order valence-electron chi connectivity index (χ3n) is 4.61. The Bertz CT molecular complexity index is 1230. The molecular weight excluding hydrogens is 384 g/mol. The van der Waals surface area contributed by atoms with Crippen molar-refractivity contribution in [1.82, 2.24) is 14.1 Å². The van der Waals surface area contributed by atoms with Crippen LogP contribution in [0.3, 0.4) is 0 Å². The van der Waals surface area contributed by atoms with Crippen LogP contribution in [0.5, 0.6) is 0 Å². The number of hydrogen-bond acceptors (Lipinski definition) is 3. The number of hydrogen-bond donors (Lipinski definition) is 0. The Balaban J connectivity index is 1.45. The van der Waals surface area contributed by atoms with Crippen molar-refractivity contribution in [3.63, 3.8) is 0 Å². The highest BCUT2D eigenvalue weighted by Gasteiger charge is 2.04. The van der Waals surface area contributed by atoms with Crippen molar-refractivity contribution >= 4 is 11.6 Å². The second-order valence-corrected chi connectivity index (χ2v) is 7.18. The molecule has 0 aliphatic rings. The summed E-state index contributed by atoms with van der Waals surface area (Å²) in [6.07, 6.45) is 6.17. The lowest BCUT2D eigenvalue weighted by Gasteiger charge is -2.08. The molecule has 2 heterocycles. The van der Waals surface area contributed by atoms with E-state index in [-0.39, 0.29) is 5.56 Å². The summed E-state index contributed by atoms with van der Waals surface area (Å²) in [5, 5.41) is 9.40. The van der Waals surface area contributed by atoms with E-state index < -0.39 is 0 Å². The molecule has 0 fully saturated rings. The molecule has 6 heteroatoms. The van der Waals surface area contributed by atoms with E-state index in [2.05, 4.69) is 11.1 Å². The van der Waals surface area contributed by atoms with Gasteiger partial charge in [-0.15, -0.1) is 0 Å². The van der Waals surface area contributed by atoms with Crippen molar-refractivity contribution < 1.29 is 0 Å². The third kappa shape index (κ3) is 4.45. The van der Waals surface area contributed by atoms with Crippen LogP contribution in [0.2, 0.25) is 5.02 Å². The number of imidazole rings is 1. The Hall–Kier alpha value is -3.62. The molecule has 0 amide bonds. The number of pyridine rings is 1. The molecule has 29 heavy (non-hydrogen) atoms.